The van der Waals surface area contributed by atoms with Crippen molar-refractivity contribution in [1.82, 2.24) is 4.98 Å². The fourth-order valence-corrected chi connectivity index (χ4v) is 3.78. The molecule has 2 nitrogen and oxygen atoms in total. The van der Waals surface area contributed by atoms with E-state index in [9.17, 15) is 39.5 Å². The molecule has 0 spiro atoms. The second kappa shape index (κ2) is 13.0. The van der Waals surface area contributed by atoms with E-state index < -0.39 is 69.3 Å². The Kier molecular flexibility index (Phi) is 9.35. The van der Waals surface area contributed by atoms with Crippen LogP contribution in [0.2, 0.25) is 0 Å². The van der Waals surface area contributed by atoms with Crippen molar-refractivity contribution in [1.29, 1.82) is 0 Å². The number of hydrogen-bond donors (Lipinski definition) is 0. The second-order valence-electron chi connectivity index (χ2n) is 9.10. The maximum absolute atomic E-state index is 14.6. The number of pyridine rings is 1. The zero-order valence-electron chi connectivity index (χ0n) is 22.1. The van der Waals surface area contributed by atoms with E-state index in [4.69, 9.17) is 0 Å². The first kappa shape index (κ1) is 31.0. The molecule has 4 aromatic rings. The van der Waals surface area contributed by atoms with Crippen LogP contribution in [0.15, 0.2) is 54.7 Å². The number of rotatable bonds is 6. The van der Waals surface area contributed by atoms with Gasteiger partial charge in [0.2, 0.25) is 0 Å². The zero-order chi connectivity index (χ0) is 31.3. The highest BCUT2D eigenvalue weighted by atomic mass is 19.3. The largest absolute Gasteiger partial charge is 0.432 e. The molecular formula is C32H18F9NO. The van der Waals surface area contributed by atoms with Crippen LogP contribution in [0.25, 0.3) is 0 Å². The molecule has 0 fully saturated rings. The van der Waals surface area contributed by atoms with Crippen molar-refractivity contribution in [2.75, 3.05) is 0 Å². The molecule has 0 bridgehead atoms. The van der Waals surface area contributed by atoms with Crippen molar-refractivity contribution in [3.63, 3.8) is 0 Å². The van der Waals surface area contributed by atoms with Crippen molar-refractivity contribution in [3.8, 4) is 29.4 Å². The molecule has 4 rings (SSSR count). The highest BCUT2D eigenvalue weighted by Gasteiger charge is 2.41. The van der Waals surface area contributed by atoms with Gasteiger partial charge in [0.1, 0.15) is 40.3 Å². The van der Waals surface area contributed by atoms with Gasteiger partial charge in [-0.25, -0.2) is 35.7 Å². The van der Waals surface area contributed by atoms with E-state index in [-0.39, 0.29) is 17.7 Å². The van der Waals surface area contributed by atoms with E-state index in [0.29, 0.717) is 17.8 Å². The van der Waals surface area contributed by atoms with Gasteiger partial charge < -0.3 is 4.74 Å². The number of unbranched alkanes of at least 4 members (excludes halogenated alkanes) is 1. The normalized spacial score (nSPS) is 10.9. The van der Waals surface area contributed by atoms with E-state index in [2.05, 4.69) is 40.3 Å². The molecule has 3 aromatic carbocycles. The zero-order valence-corrected chi connectivity index (χ0v) is 22.1. The summed E-state index contributed by atoms with van der Waals surface area (Å²) in [5, 5.41) is 0. The van der Waals surface area contributed by atoms with Crippen LogP contribution in [0.5, 0.6) is 5.75 Å². The van der Waals surface area contributed by atoms with Crippen LogP contribution in [0, 0.1) is 64.4 Å². The van der Waals surface area contributed by atoms with Gasteiger partial charge in [-0.2, -0.15) is 8.78 Å². The smallest absolute Gasteiger partial charge is 0.429 e. The highest BCUT2D eigenvalue weighted by molar-refractivity contribution is 5.49. The van der Waals surface area contributed by atoms with E-state index in [1.165, 1.54) is 0 Å². The van der Waals surface area contributed by atoms with E-state index in [1.54, 1.807) is 12.3 Å². The number of ether oxygens (including phenoxy) is 1. The van der Waals surface area contributed by atoms with Crippen molar-refractivity contribution in [3.05, 3.63) is 129 Å². The lowest BCUT2D eigenvalue weighted by Gasteiger charge is -2.19. The standard InChI is InChI=1S/C32H18F9NO/c1-2-3-4-18-5-8-21(42-17-18)9-6-19-11-24(33)23(25(34)12-19)10-7-20-13-26(35)30(27(36)14-20)32(40,41)43-22-15-28(37)31(39)29(38)16-22/h5,8,11-17H,2-4H2,1H3. The molecule has 220 valence electrons. The number of nitrogens with zero attached hydrogens (tertiary/aromatic N) is 1. The maximum atomic E-state index is 14.6. The summed E-state index contributed by atoms with van der Waals surface area (Å²) in [7, 11) is 0. The fraction of sp³-hybridized carbons (Fsp3) is 0.156. The molecule has 0 saturated carbocycles. The summed E-state index contributed by atoms with van der Waals surface area (Å²) in [5.41, 5.74) is -1.93. The Morgan fingerprint density at radius 2 is 1.26 bits per heavy atom. The first-order valence-corrected chi connectivity index (χ1v) is 12.6. The Balaban J connectivity index is 1.54. The first-order chi connectivity index (χ1) is 20.4. The van der Waals surface area contributed by atoms with Gasteiger partial charge in [0.15, 0.2) is 17.5 Å². The molecule has 1 heterocycles. The summed E-state index contributed by atoms with van der Waals surface area (Å²) < 4.78 is 131. The predicted octanol–water partition coefficient (Wildman–Crippen LogP) is 8.33. The topological polar surface area (TPSA) is 22.1 Å². The molecule has 0 atom stereocenters. The molecule has 1 aromatic heterocycles. The van der Waals surface area contributed by atoms with Crippen molar-refractivity contribution in [2.45, 2.75) is 32.3 Å². The van der Waals surface area contributed by atoms with Gasteiger partial charge in [-0.1, -0.05) is 37.2 Å². The monoisotopic (exact) mass is 603 g/mol. The summed E-state index contributed by atoms with van der Waals surface area (Å²) in [6.45, 7) is 2.07. The van der Waals surface area contributed by atoms with E-state index in [1.807, 2.05) is 6.07 Å². The number of aryl methyl sites for hydroxylation is 1. The van der Waals surface area contributed by atoms with Crippen LogP contribution in [0.1, 0.15) is 53.3 Å². The Hall–Kier alpha value is -4.90. The Bertz CT molecular complexity index is 1730. The highest BCUT2D eigenvalue weighted by Crippen LogP contribution is 2.36. The molecule has 0 N–H and O–H groups in total. The molecule has 0 radical (unpaired) electrons. The minimum Gasteiger partial charge on any atom is -0.429 e. The van der Waals surface area contributed by atoms with Crippen LogP contribution in [0.3, 0.4) is 0 Å². The third-order valence-electron chi connectivity index (χ3n) is 5.89. The van der Waals surface area contributed by atoms with Gasteiger partial charge in [0.25, 0.3) is 0 Å². The van der Waals surface area contributed by atoms with Crippen molar-refractivity contribution in [2.24, 2.45) is 0 Å². The summed E-state index contributed by atoms with van der Waals surface area (Å²) in [4.78, 5) is 4.20. The van der Waals surface area contributed by atoms with Gasteiger partial charge in [0, 0.05) is 29.5 Å². The summed E-state index contributed by atoms with van der Waals surface area (Å²) >= 11 is 0. The van der Waals surface area contributed by atoms with Crippen LogP contribution < -0.4 is 4.74 Å². The molecule has 0 saturated heterocycles. The minimum atomic E-state index is -4.81. The Labute approximate surface area is 240 Å². The lowest BCUT2D eigenvalue weighted by Crippen LogP contribution is -2.25. The number of hydrogen-bond acceptors (Lipinski definition) is 2. The lowest BCUT2D eigenvalue weighted by molar-refractivity contribution is -0.189. The fourth-order valence-electron chi connectivity index (χ4n) is 3.78. The van der Waals surface area contributed by atoms with Crippen LogP contribution in [0.4, 0.5) is 39.5 Å². The van der Waals surface area contributed by atoms with Crippen molar-refractivity contribution < 1.29 is 44.3 Å². The third-order valence-corrected chi connectivity index (χ3v) is 5.89. The average molecular weight is 603 g/mol. The van der Waals surface area contributed by atoms with E-state index >= 15 is 0 Å². The molecule has 0 aliphatic rings. The predicted molar refractivity (Wildman–Crippen MR) is 138 cm³/mol. The number of halogens is 9. The molecule has 11 heteroatoms. The first-order valence-electron chi connectivity index (χ1n) is 12.6. The summed E-state index contributed by atoms with van der Waals surface area (Å²) in [5.74, 6) is -3.61. The average Bonchev–Trinajstić information content (AvgIpc) is 2.93. The van der Waals surface area contributed by atoms with Crippen LogP contribution in [-0.2, 0) is 12.5 Å². The molecule has 0 aliphatic heterocycles. The molecule has 0 aliphatic carbocycles. The Morgan fingerprint density at radius 1 is 0.698 bits per heavy atom. The van der Waals surface area contributed by atoms with Gasteiger partial charge in [-0.3, -0.25) is 0 Å². The lowest BCUT2D eigenvalue weighted by atomic mass is 10.1. The van der Waals surface area contributed by atoms with Gasteiger partial charge in [-0.15, -0.1) is 0 Å². The van der Waals surface area contributed by atoms with Crippen molar-refractivity contribution >= 4 is 0 Å². The SMILES string of the molecule is CCCCc1ccc(C#Cc2cc(F)c(C#Cc3cc(F)c(C(F)(F)Oc4cc(F)c(F)c(F)c4)c(F)c3)c(F)c2)nc1. The molecule has 43 heavy (non-hydrogen) atoms. The number of aromatic nitrogens is 1. The van der Waals surface area contributed by atoms with Gasteiger partial charge in [-0.05, 0) is 54.7 Å². The summed E-state index contributed by atoms with van der Waals surface area (Å²) in [6, 6.07) is 6.10. The second-order valence-corrected chi connectivity index (χ2v) is 9.10. The van der Waals surface area contributed by atoms with Crippen LogP contribution >= 0.6 is 0 Å². The number of benzene rings is 3. The quantitative estimate of drug-likeness (QED) is 0.126. The van der Waals surface area contributed by atoms with Gasteiger partial charge >= 0.3 is 6.11 Å². The maximum Gasteiger partial charge on any atom is 0.432 e. The summed E-state index contributed by atoms with van der Waals surface area (Å²) in [6.07, 6.45) is -0.242. The van der Waals surface area contributed by atoms with Gasteiger partial charge in [0.05, 0.1) is 5.56 Å². The molecular weight excluding hydrogens is 585 g/mol. The number of alkyl halides is 2. The van der Waals surface area contributed by atoms with Crippen LogP contribution in [-0.4, -0.2) is 4.98 Å². The Morgan fingerprint density at radius 3 is 1.79 bits per heavy atom. The molecule has 0 unspecified atom stereocenters. The third kappa shape index (κ3) is 7.49. The van der Waals surface area contributed by atoms with E-state index in [0.717, 1.165) is 37.0 Å². The minimum absolute atomic E-state index is 0.0398. The molecule has 0 amide bonds.